The number of halogens is 1. The van der Waals surface area contributed by atoms with E-state index in [0.717, 1.165) is 9.24 Å². The molecule has 0 saturated heterocycles. The van der Waals surface area contributed by atoms with E-state index in [1.807, 2.05) is 0 Å². The lowest BCUT2D eigenvalue weighted by atomic mass is 10.2. The molecule has 0 aliphatic heterocycles. The number of hydrogen-bond acceptors (Lipinski definition) is 5. The van der Waals surface area contributed by atoms with Gasteiger partial charge in [0, 0.05) is 15.5 Å². The number of nitrogens with one attached hydrogen (secondary N) is 1. The van der Waals surface area contributed by atoms with Crippen LogP contribution in [0.15, 0.2) is 32.9 Å². The predicted molar refractivity (Wildman–Crippen MR) is 66.5 cm³/mol. The van der Waals surface area contributed by atoms with Crippen molar-refractivity contribution in [2.24, 2.45) is 5.73 Å². The lowest BCUT2D eigenvalue weighted by Gasteiger charge is -2.05. The molecule has 2 aromatic rings. The minimum atomic E-state index is 0.0173. The summed E-state index contributed by atoms with van der Waals surface area (Å²) in [5, 5.41) is 15.7. The van der Waals surface area contributed by atoms with E-state index in [2.05, 4.69) is 10.2 Å². The highest BCUT2D eigenvalue weighted by molar-refractivity contribution is 8.01. The van der Waals surface area contributed by atoms with Crippen molar-refractivity contribution in [1.29, 1.82) is 5.41 Å². The smallest absolute Gasteiger partial charge is 0.178 e. The molecule has 0 atom stereocenters. The van der Waals surface area contributed by atoms with Gasteiger partial charge in [0.25, 0.3) is 0 Å². The van der Waals surface area contributed by atoms with E-state index < -0.39 is 0 Å². The summed E-state index contributed by atoms with van der Waals surface area (Å²) >= 11 is 8.74. The first-order chi connectivity index (χ1) is 7.66. The molecule has 4 nitrogen and oxygen atoms in total. The van der Waals surface area contributed by atoms with Crippen molar-refractivity contribution in [3.8, 4) is 0 Å². The molecule has 3 N–H and O–H groups in total. The average molecular weight is 271 g/mol. The second kappa shape index (κ2) is 4.82. The zero-order valence-electron chi connectivity index (χ0n) is 7.98. The fourth-order valence-corrected chi connectivity index (χ4v) is 2.96. The van der Waals surface area contributed by atoms with Crippen LogP contribution < -0.4 is 5.73 Å². The molecule has 2 rings (SSSR count). The van der Waals surface area contributed by atoms with Gasteiger partial charge in [-0.3, -0.25) is 5.41 Å². The molecule has 7 heteroatoms. The third-order valence-electron chi connectivity index (χ3n) is 1.77. The van der Waals surface area contributed by atoms with Gasteiger partial charge >= 0.3 is 0 Å². The molecule has 0 radical (unpaired) electrons. The number of nitrogen functional groups attached to an aromatic ring is 1. The molecular weight excluding hydrogens is 264 g/mol. The maximum atomic E-state index is 7.46. The number of nitrogens with zero attached hydrogens (tertiary/aromatic N) is 2. The molecule has 0 fully saturated rings. The number of hydrogen-bond donors (Lipinski definition) is 2. The highest BCUT2D eigenvalue weighted by Crippen LogP contribution is 2.32. The third-order valence-corrected chi connectivity index (χ3v) is 3.84. The Labute approximate surface area is 105 Å². The van der Waals surface area contributed by atoms with Gasteiger partial charge in [0.2, 0.25) is 0 Å². The van der Waals surface area contributed by atoms with Crippen molar-refractivity contribution in [2.75, 3.05) is 0 Å². The summed E-state index contributed by atoms with van der Waals surface area (Å²) in [5.41, 5.74) is 7.80. The molecular formula is C9H7ClN4S2. The number of rotatable bonds is 3. The zero-order valence-corrected chi connectivity index (χ0v) is 10.4. The second-order valence-corrected chi connectivity index (χ2v) is 5.42. The van der Waals surface area contributed by atoms with Gasteiger partial charge < -0.3 is 5.73 Å². The van der Waals surface area contributed by atoms with Crippen LogP contribution in [0.5, 0.6) is 0 Å². The monoisotopic (exact) mass is 270 g/mol. The molecule has 0 bridgehead atoms. The normalized spacial score (nSPS) is 10.3. The van der Waals surface area contributed by atoms with E-state index in [0.29, 0.717) is 10.6 Å². The Morgan fingerprint density at radius 1 is 1.50 bits per heavy atom. The number of nitrogens with two attached hydrogens (primary N) is 1. The van der Waals surface area contributed by atoms with Crippen LogP contribution >= 0.6 is 34.7 Å². The van der Waals surface area contributed by atoms with Crippen molar-refractivity contribution < 1.29 is 0 Å². The van der Waals surface area contributed by atoms with Gasteiger partial charge in [0.15, 0.2) is 4.34 Å². The maximum absolute atomic E-state index is 7.46. The van der Waals surface area contributed by atoms with Crippen LogP contribution in [-0.4, -0.2) is 16.0 Å². The standard InChI is InChI=1S/C9H7ClN4S2/c10-5-1-2-6(8(11)12)7(3-5)16-9-14-13-4-15-9/h1-4H,(H3,11,12). The molecule has 1 aromatic heterocycles. The topological polar surface area (TPSA) is 75.7 Å². The van der Waals surface area contributed by atoms with E-state index in [-0.39, 0.29) is 5.84 Å². The Bertz CT molecular complexity index is 512. The zero-order chi connectivity index (χ0) is 11.5. The minimum Gasteiger partial charge on any atom is -0.384 e. The Morgan fingerprint density at radius 3 is 2.94 bits per heavy atom. The molecule has 82 valence electrons. The number of benzene rings is 1. The number of aromatic nitrogens is 2. The first kappa shape index (κ1) is 11.4. The molecule has 0 amide bonds. The summed E-state index contributed by atoms with van der Waals surface area (Å²) in [6.45, 7) is 0. The van der Waals surface area contributed by atoms with Crippen molar-refractivity contribution in [3.63, 3.8) is 0 Å². The van der Waals surface area contributed by atoms with Crippen molar-refractivity contribution >= 4 is 40.5 Å². The van der Waals surface area contributed by atoms with E-state index in [1.165, 1.54) is 23.1 Å². The molecule has 0 spiro atoms. The molecule has 1 aromatic carbocycles. The van der Waals surface area contributed by atoms with E-state index in [1.54, 1.807) is 23.7 Å². The summed E-state index contributed by atoms with van der Waals surface area (Å²) in [6, 6.07) is 5.21. The highest BCUT2D eigenvalue weighted by atomic mass is 35.5. The van der Waals surface area contributed by atoms with E-state index in [4.69, 9.17) is 22.7 Å². The Morgan fingerprint density at radius 2 is 2.31 bits per heavy atom. The summed E-state index contributed by atoms with van der Waals surface area (Å²) in [6.07, 6.45) is 0. The lowest BCUT2D eigenvalue weighted by Crippen LogP contribution is -2.12. The summed E-state index contributed by atoms with van der Waals surface area (Å²) in [5.74, 6) is 0.0173. The molecule has 0 saturated carbocycles. The summed E-state index contributed by atoms with van der Waals surface area (Å²) < 4.78 is 0.796. The Kier molecular flexibility index (Phi) is 3.42. The van der Waals surface area contributed by atoms with E-state index in [9.17, 15) is 0 Å². The van der Waals surface area contributed by atoms with Gasteiger partial charge in [0.05, 0.1) is 0 Å². The van der Waals surface area contributed by atoms with Gasteiger partial charge in [0.1, 0.15) is 11.3 Å². The molecule has 0 unspecified atom stereocenters. The van der Waals surface area contributed by atoms with Gasteiger partial charge in [-0.2, -0.15) is 0 Å². The Hall–Kier alpha value is -1.11. The average Bonchev–Trinajstić information content (AvgIpc) is 2.70. The SMILES string of the molecule is N=C(N)c1ccc(Cl)cc1Sc1nncs1. The van der Waals surface area contributed by atoms with Crippen LogP contribution in [0, 0.1) is 5.41 Å². The molecule has 0 aliphatic carbocycles. The summed E-state index contributed by atoms with van der Waals surface area (Å²) in [4.78, 5) is 0.816. The van der Waals surface area contributed by atoms with Gasteiger partial charge in [-0.1, -0.05) is 34.7 Å². The van der Waals surface area contributed by atoms with Crippen LogP contribution in [0.2, 0.25) is 5.02 Å². The second-order valence-electron chi connectivity index (χ2n) is 2.86. The van der Waals surface area contributed by atoms with Crippen molar-refractivity contribution in [1.82, 2.24) is 10.2 Å². The predicted octanol–water partition coefficient (Wildman–Crippen LogP) is 2.63. The highest BCUT2D eigenvalue weighted by Gasteiger charge is 2.09. The van der Waals surface area contributed by atoms with Crippen LogP contribution in [0.1, 0.15) is 5.56 Å². The van der Waals surface area contributed by atoms with Crippen LogP contribution in [-0.2, 0) is 0 Å². The third kappa shape index (κ3) is 2.52. The van der Waals surface area contributed by atoms with Gasteiger partial charge in [-0.25, -0.2) is 0 Å². The van der Waals surface area contributed by atoms with Crippen molar-refractivity contribution in [2.45, 2.75) is 9.24 Å². The molecule has 16 heavy (non-hydrogen) atoms. The summed E-state index contributed by atoms with van der Waals surface area (Å²) in [7, 11) is 0. The molecule has 0 aliphatic rings. The fourth-order valence-electron chi connectivity index (χ4n) is 1.10. The van der Waals surface area contributed by atoms with Crippen LogP contribution in [0.4, 0.5) is 0 Å². The molecule has 1 heterocycles. The maximum Gasteiger partial charge on any atom is 0.178 e. The van der Waals surface area contributed by atoms with E-state index >= 15 is 0 Å². The van der Waals surface area contributed by atoms with Crippen LogP contribution in [0.25, 0.3) is 0 Å². The number of amidine groups is 1. The van der Waals surface area contributed by atoms with Gasteiger partial charge in [-0.15, -0.1) is 10.2 Å². The van der Waals surface area contributed by atoms with Crippen molar-refractivity contribution in [3.05, 3.63) is 34.3 Å². The van der Waals surface area contributed by atoms with Gasteiger partial charge in [-0.05, 0) is 18.2 Å². The first-order valence-corrected chi connectivity index (χ1v) is 6.32. The lowest BCUT2D eigenvalue weighted by molar-refractivity contribution is 1.01. The minimum absolute atomic E-state index is 0.0173. The fraction of sp³-hybridized carbons (Fsp3) is 0. The first-order valence-electron chi connectivity index (χ1n) is 4.25. The quantitative estimate of drug-likeness (QED) is 0.664. The largest absolute Gasteiger partial charge is 0.384 e. The van der Waals surface area contributed by atoms with Crippen LogP contribution in [0.3, 0.4) is 0 Å². The Balaban J connectivity index is 2.38.